The van der Waals surface area contributed by atoms with Gasteiger partial charge in [0.2, 0.25) is 5.88 Å². The van der Waals surface area contributed by atoms with E-state index in [1.807, 2.05) is 36.4 Å². The summed E-state index contributed by atoms with van der Waals surface area (Å²) in [6.45, 7) is 0. The average molecular weight is 389 g/mol. The van der Waals surface area contributed by atoms with Crippen molar-refractivity contribution in [3.05, 3.63) is 84.4 Å². The van der Waals surface area contributed by atoms with Crippen molar-refractivity contribution in [2.45, 2.75) is 0 Å². The molecule has 0 saturated heterocycles. The summed E-state index contributed by atoms with van der Waals surface area (Å²) in [6, 6.07) is 19.0. The molecule has 8 heteroatoms. The number of rotatable bonds is 5. The number of hydrogen-bond acceptors (Lipinski definition) is 6. The molecular weight excluding hydrogens is 373 g/mol. The summed E-state index contributed by atoms with van der Waals surface area (Å²) in [6.07, 6.45) is 1.24. The summed E-state index contributed by atoms with van der Waals surface area (Å²) in [4.78, 5) is 20.2. The normalized spacial score (nSPS) is 10.5. The van der Waals surface area contributed by atoms with Gasteiger partial charge in [-0.1, -0.05) is 48.5 Å². The number of hydrogen-bond donors (Lipinski definition) is 3. The molecule has 0 atom stereocenters. The van der Waals surface area contributed by atoms with E-state index in [0.29, 0.717) is 5.75 Å². The number of carbonyl (C=O) groups is 1. The van der Waals surface area contributed by atoms with Crippen molar-refractivity contribution in [3.63, 3.8) is 0 Å². The molecule has 3 aromatic carbocycles. The lowest BCUT2D eigenvalue weighted by Crippen LogP contribution is -2.31. The van der Waals surface area contributed by atoms with Crippen LogP contribution in [0.25, 0.3) is 10.8 Å². The number of amides is 1. The van der Waals surface area contributed by atoms with E-state index >= 15 is 0 Å². The van der Waals surface area contributed by atoms with Crippen molar-refractivity contribution in [3.8, 4) is 11.6 Å². The first-order valence-electron chi connectivity index (χ1n) is 8.70. The molecule has 1 aromatic heterocycles. The number of nitrogens with one attached hydrogen (secondary N) is 2. The molecule has 0 aliphatic rings. The smallest absolute Gasteiger partial charge is 0.272 e. The first kappa shape index (κ1) is 18.2. The molecule has 0 spiro atoms. The maximum atomic E-state index is 13.7. The standard InChI is InChI=1S/C21H16FN5O2/c22-16-10-4-3-9-15(16)20(28)27-26-19-18(23)21(25-12-24-19)29-17-11-5-7-13-6-1-2-8-14(13)17/h1-12H,23H2,(H,27,28)(H,24,25,26). The van der Waals surface area contributed by atoms with Crippen LogP contribution in [-0.4, -0.2) is 15.9 Å². The molecule has 7 nitrogen and oxygen atoms in total. The number of nitrogens with two attached hydrogens (primary N) is 1. The third kappa shape index (κ3) is 3.77. The lowest BCUT2D eigenvalue weighted by molar-refractivity contribution is 0.0958. The first-order chi connectivity index (χ1) is 14.1. The van der Waals surface area contributed by atoms with Crippen molar-refractivity contribution in [1.82, 2.24) is 15.4 Å². The van der Waals surface area contributed by atoms with E-state index in [2.05, 4.69) is 20.8 Å². The van der Waals surface area contributed by atoms with E-state index in [1.165, 1.54) is 24.5 Å². The van der Waals surface area contributed by atoms with Gasteiger partial charge in [-0.15, -0.1) is 0 Å². The minimum absolute atomic E-state index is 0.0919. The van der Waals surface area contributed by atoms with Gasteiger partial charge >= 0.3 is 0 Å². The van der Waals surface area contributed by atoms with Gasteiger partial charge < -0.3 is 10.5 Å². The van der Waals surface area contributed by atoms with Crippen LogP contribution >= 0.6 is 0 Å². The second-order valence-corrected chi connectivity index (χ2v) is 6.08. The SMILES string of the molecule is Nc1c(NNC(=O)c2ccccc2F)ncnc1Oc1cccc2ccccc12. The van der Waals surface area contributed by atoms with Crippen LogP contribution in [0.3, 0.4) is 0 Å². The van der Waals surface area contributed by atoms with E-state index < -0.39 is 11.7 Å². The molecule has 0 saturated carbocycles. The number of anilines is 2. The van der Waals surface area contributed by atoms with Crippen LogP contribution in [0.1, 0.15) is 10.4 Å². The predicted molar refractivity (Wildman–Crippen MR) is 108 cm³/mol. The van der Waals surface area contributed by atoms with Gasteiger partial charge in [0.15, 0.2) is 5.82 Å². The Morgan fingerprint density at radius 2 is 1.72 bits per heavy atom. The monoisotopic (exact) mass is 389 g/mol. The van der Waals surface area contributed by atoms with Gasteiger partial charge in [-0.05, 0) is 23.6 Å². The molecule has 1 amide bonds. The lowest BCUT2D eigenvalue weighted by Gasteiger charge is -2.13. The second kappa shape index (κ2) is 7.81. The number of nitrogens with zero attached hydrogens (tertiary/aromatic N) is 2. The number of carbonyl (C=O) groups excluding carboxylic acids is 1. The molecule has 4 rings (SSSR count). The molecular formula is C21H16FN5O2. The maximum absolute atomic E-state index is 13.7. The van der Waals surface area contributed by atoms with Crippen LogP contribution < -0.4 is 21.3 Å². The fourth-order valence-electron chi connectivity index (χ4n) is 2.78. The zero-order chi connectivity index (χ0) is 20.2. The highest BCUT2D eigenvalue weighted by atomic mass is 19.1. The van der Waals surface area contributed by atoms with Gasteiger partial charge in [0.05, 0.1) is 5.56 Å². The van der Waals surface area contributed by atoms with Crippen LogP contribution in [0.4, 0.5) is 15.9 Å². The summed E-state index contributed by atoms with van der Waals surface area (Å²) in [5, 5.41) is 1.91. The van der Waals surface area contributed by atoms with Crippen molar-refractivity contribution in [1.29, 1.82) is 0 Å². The van der Waals surface area contributed by atoms with Crippen LogP contribution in [0, 0.1) is 5.82 Å². The van der Waals surface area contributed by atoms with Gasteiger partial charge in [0.1, 0.15) is 23.6 Å². The predicted octanol–water partition coefficient (Wildman–Crippen LogP) is 3.90. The largest absolute Gasteiger partial charge is 0.436 e. The second-order valence-electron chi connectivity index (χ2n) is 6.08. The molecule has 0 radical (unpaired) electrons. The minimum atomic E-state index is -0.669. The third-order valence-corrected chi connectivity index (χ3v) is 4.22. The Morgan fingerprint density at radius 1 is 0.966 bits per heavy atom. The van der Waals surface area contributed by atoms with Crippen LogP contribution in [-0.2, 0) is 0 Å². The topological polar surface area (TPSA) is 102 Å². The fraction of sp³-hybridized carbons (Fsp3) is 0. The molecule has 4 N–H and O–H groups in total. The Hall–Kier alpha value is -4.20. The zero-order valence-electron chi connectivity index (χ0n) is 15.1. The van der Waals surface area contributed by atoms with E-state index in [9.17, 15) is 9.18 Å². The quantitative estimate of drug-likeness (QED) is 0.448. The number of halogens is 1. The Labute approximate surface area is 165 Å². The Kier molecular flexibility index (Phi) is 4.90. The summed E-state index contributed by atoms with van der Waals surface area (Å²) >= 11 is 0. The Morgan fingerprint density at radius 3 is 2.59 bits per heavy atom. The molecule has 144 valence electrons. The average Bonchev–Trinajstić information content (AvgIpc) is 2.75. The molecule has 1 heterocycles. The van der Waals surface area contributed by atoms with Gasteiger partial charge in [0.25, 0.3) is 5.91 Å². The number of aromatic nitrogens is 2. The minimum Gasteiger partial charge on any atom is -0.436 e. The van der Waals surface area contributed by atoms with Gasteiger partial charge in [0, 0.05) is 5.39 Å². The van der Waals surface area contributed by atoms with Crippen LogP contribution in [0.5, 0.6) is 11.6 Å². The van der Waals surface area contributed by atoms with Crippen LogP contribution in [0.15, 0.2) is 73.1 Å². The maximum Gasteiger partial charge on any atom is 0.272 e. The highest BCUT2D eigenvalue weighted by Gasteiger charge is 2.14. The molecule has 0 aliphatic carbocycles. The summed E-state index contributed by atoms with van der Waals surface area (Å²) in [5.74, 6) is -0.478. The molecule has 0 aliphatic heterocycles. The molecule has 29 heavy (non-hydrogen) atoms. The van der Waals surface area contributed by atoms with Gasteiger partial charge in [-0.25, -0.2) is 9.37 Å². The van der Waals surface area contributed by atoms with E-state index in [-0.39, 0.29) is 22.9 Å². The summed E-state index contributed by atoms with van der Waals surface area (Å²) < 4.78 is 19.6. The number of nitrogen functional groups attached to an aromatic ring is 1. The molecule has 0 unspecified atom stereocenters. The first-order valence-corrected chi connectivity index (χ1v) is 8.70. The number of ether oxygens (including phenoxy) is 1. The summed E-state index contributed by atoms with van der Waals surface area (Å²) in [5.41, 5.74) is 11.0. The van der Waals surface area contributed by atoms with Crippen molar-refractivity contribution in [2.24, 2.45) is 0 Å². The van der Waals surface area contributed by atoms with Crippen LogP contribution in [0.2, 0.25) is 0 Å². The van der Waals surface area contributed by atoms with Gasteiger partial charge in [-0.3, -0.25) is 15.6 Å². The molecule has 4 aromatic rings. The van der Waals surface area contributed by atoms with Gasteiger partial charge in [-0.2, -0.15) is 4.98 Å². The number of fused-ring (bicyclic) bond motifs is 1. The summed E-state index contributed by atoms with van der Waals surface area (Å²) in [7, 11) is 0. The Bertz CT molecular complexity index is 1190. The Balaban J connectivity index is 1.55. The highest BCUT2D eigenvalue weighted by Crippen LogP contribution is 2.33. The van der Waals surface area contributed by atoms with E-state index in [0.717, 1.165) is 10.8 Å². The molecule has 0 bridgehead atoms. The van der Waals surface area contributed by atoms with E-state index in [4.69, 9.17) is 10.5 Å². The van der Waals surface area contributed by atoms with Crippen molar-refractivity contribution in [2.75, 3.05) is 11.2 Å². The third-order valence-electron chi connectivity index (χ3n) is 4.22. The van der Waals surface area contributed by atoms with E-state index in [1.54, 1.807) is 12.1 Å². The van der Waals surface area contributed by atoms with Crippen molar-refractivity contribution < 1.29 is 13.9 Å². The highest BCUT2D eigenvalue weighted by molar-refractivity contribution is 5.95. The van der Waals surface area contributed by atoms with Crippen molar-refractivity contribution >= 4 is 28.2 Å². The zero-order valence-corrected chi connectivity index (χ0v) is 15.1. The number of hydrazine groups is 1. The fourth-order valence-corrected chi connectivity index (χ4v) is 2.78. The lowest BCUT2D eigenvalue weighted by atomic mass is 10.1. The molecule has 0 fully saturated rings. The number of benzene rings is 3.